The van der Waals surface area contributed by atoms with Gasteiger partial charge in [0.25, 0.3) is 5.56 Å². The first-order chi connectivity index (χ1) is 16.0. The predicted molar refractivity (Wildman–Crippen MR) is 134 cm³/mol. The average Bonchev–Trinajstić information content (AvgIpc) is 3.39. The molecule has 0 amide bonds. The molecule has 0 unspecified atom stereocenters. The smallest absolute Gasteiger partial charge is 0.260 e. The molecule has 1 N–H and O–H groups in total. The van der Waals surface area contributed by atoms with Crippen LogP contribution in [0.1, 0.15) is 23.2 Å². The van der Waals surface area contributed by atoms with Crippen molar-refractivity contribution in [2.75, 3.05) is 0 Å². The van der Waals surface area contributed by atoms with Crippen LogP contribution in [0.4, 0.5) is 0 Å². The highest BCUT2D eigenvalue weighted by Crippen LogP contribution is 2.36. The molecule has 0 aliphatic heterocycles. The highest BCUT2D eigenvalue weighted by atomic mass is 32.2. The lowest BCUT2D eigenvalue weighted by Crippen LogP contribution is -2.11. The maximum atomic E-state index is 13.1. The molecule has 5 rings (SSSR count). The zero-order chi connectivity index (χ0) is 22.9. The first-order valence-corrected chi connectivity index (χ1v) is 12.4. The van der Waals surface area contributed by atoms with Crippen LogP contribution in [-0.4, -0.2) is 29.7 Å². The Balaban J connectivity index is 1.45. The molecule has 9 heteroatoms. The second-order valence-corrected chi connectivity index (χ2v) is 9.81. The van der Waals surface area contributed by atoms with Crippen LogP contribution in [0.2, 0.25) is 0 Å². The van der Waals surface area contributed by atoms with Crippen molar-refractivity contribution in [2.24, 2.45) is 0 Å². The van der Waals surface area contributed by atoms with Gasteiger partial charge in [0.1, 0.15) is 10.7 Å². The number of hydrogen-bond donors (Lipinski definition) is 1. The Kier molecular flexibility index (Phi) is 5.82. The monoisotopic (exact) mass is 474 g/mol. The predicted octanol–water partition coefficient (Wildman–Crippen LogP) is 5.23. The Labute approximate surface area is 199 Å². The summed E-state index contributed by atoms with van der Waals surface area (Å²) in [7, 11) is 0. The Morgan fingerprint density at radius 1 is 1.03 bits per heavy atom. The van der Waals surface area contributed by atoms with E-state index in [1.807, 2.05) is 19.1 Å². The van der Waals surface area contributed by atoms with Crippen LogP contribution in [0.25, 0.3) is 32.7 Å². The molecule has 7 nitrogen and oxygen atoms in total. The Hall–Kier alpha value is -3.30. The van der Waals surface area contributed by atoms with E-state index in [9.17, 15) is 4.79 Å². The Morgan fingerprint density at radius 3 is 2.52 bits per heavy atom. The molecule has 0 spiro atoms. The third-order valence-corrected chi connectivity index (χ3v) is 7.41. The van der Waals surface area contributed by atoms with Gasteiger partial charge in [0.05, 0.1) is 11.1 Å². The van der Waals surface area contributed by atoms with Crippen molar-refractivity contribution in [3.05, 3.63) is 75.4 Å². The summed E-state index contributed by atoms with van der Waals surface area (Å²) < 4.78 is 2.06. The van der Waals surface area contributed by atoms with Crippen LogP contribution >= 0.6 is 23.1 Å². The zero-order valence-electron chi connectivity index (χ0n) is 18.5. The minimum atomic E-state index is -0.107. The molecule has 4 aromatic heterocycles. The number of aromatic amines is 1. The number of nitrogens with zero attached hydrogens (tertiary/aromatic N) is 5. The van der Waals surface area contributed by atoms with Crippen molar-refractivity contribution in [3.8, 4) is 22.5 Å². The van der Waals surface area contributed by atoms with Gasteiger partial charge in [-0.25, -0.2) is 4.98 Å². The summed E-state index contributed by atoms with van der Waals surface area (Å²) >= 11 is 3.07. The van der Waals surface area contributed by atoms with E-state index in [1.54, 1.807) is 23.7 Å². The first-order valence-electron chi connectivity index (χ1n) is 10.6. The first kappa shape index (κ1) is 21.5. The molecule has 0 aliphatic rings. The van der Waals surface area contributed by atoms with E-state index in [0.29, 0.717) is 17.0 Å². The number of aromatic nitrogens is 6. The highest BCUT2D eigenvalue weighted by Gasteiger charge is 2.18. The molecular formula is C24H22N6OS2. The number of fused-ring (bicyclic) bond motifs is 1. The van der Waals surface area contributed by atoms with E-state index in [1.165, 1.54) is 17.3 Å². The summed E-state index contributed by atoms with van der Waals surface area (Å²) in [6.07, 6.45) is 3.49. The molecule has 4 heterocycles. The molecule has 0 atom stereocenters. The molecule has 0 fully saturated rings. The molecule has 0 radical (unpaired) electrons. The third-order valence-electron chi connectivity index (χ3n) is 5.44. The fraction of sp³-hybridized carbons (Fsp3) is 0.208. The minimum Gasteiger partial charge on any atom is -0.309 e. The average molecular weight is 475 g/mol. The van der Waals surface area contributed by atoms with E-state index in [-0.39, 0.29) is 5.56 Å². The lowest BCUT2D eigenvalue weighted by atomic mass is 10.0. The summed E-state index contributed by atoms with van der Waals surface area (Å²) in [5.41, 5.74) is 4.06. The topological polar surface area (TPSA) is 89.4 Å². The third kappa shape index (κ3) is 4.09. The van der Waals surface area contributed by atoms with E-state index < -0.39 is 0 Å². The summed E-state index contributed by atoms with van der Waals surface area (Å²) in [4.78, 5) is 26.7. The Morgan fingerprint density at radius 2 is 1.79 bits per heavy atom. The van der Waals surface area contributed by atoms with Crippen LogP contribution in [0.5, 0.6) is 0 Å². The number of aryl methyl sites for hydroxylation is 2. The van der Waals surface area contributed by atoms with E-state index in [4.69, 9.17) is 4.98 Å². The van der Waals surface area contributed by atoms with Crippen LogP contribution in [-0.2, 0) is 12.3 Å². The maximum Gasteiger partial charge on any atom is 0.260 e. The van der Waals surface area contributed by atoms with Crippen molar-refractivity contribution in [1.82, 2.24) is 29.7 Å². The van der Waals surface area contributed by atoms with Crippen molar-refractivity contribution >= 4 is 33.3 Å². The Bertz CT molecular complexity index is 1490. The van der Waals surface area contributed by atoms with Crippen molar-refractivity contribution in [2.45, 2.75) is 38.2 Å². The molecule has 0 aliphatic carbocycles. The van der Waals surface area contributed by atoms with E-state index in [0.717, 1.165) is 43.9 Å². The fourth-order valence-electron chi connectivity index (χ4n) is 3.83. The summed E-state index contributed by atoms with van der Waals surface area (Å²) in [6, 6.07) is 12.1. The summed E-state index contributed by atoms with van der Waals surface area (Å²) in [6.45, 7) is 6.89. The number of thioether (sulfide) groups is 1. The number of nitrogens with one attached hydrogen (secondary N) is 1. The fourth-order valence-corrected chi connectivity index (χ4v) is 5.76. The molecule has 0 saturated heterocycles. The number of H-pyrrole nitrogens is 1. The second-order valence-electron chi connectivity index (χ2n) is 7.67. The molecule has 166 valence electrons. The van der Waals surface area contributed by atoms with Crippen molar-refractivity contribution in [3.63, 3.8) is 0 Å². The van der Waals surface area contributed by atoms with Gasteiger partial charge >= 0.3 is 0 Å². The van der Waals surface area contributed by atoms with Gasteiger partial charge in [-0.1, -0.05) is 41.6 Å². The molecular weight excluding hydrogens is 452 g/mol. The lowest BCUT2D eigenvalue weighted by Gasteiger charge is -2.07. The second kappa shape index (κ2) is 8.92. The standard InChI is InChI=1S/C24H22N6OS2/c1-4-30-21(17-9-11-25-12-10-17)28-29-24(30)32-13-18-26-22(31)20-19(15(3)33-23(20)27-18)16-7-5-14(2)6-8-16/h5-12H,4,13H2,1-3H3,(H,26,27,31). The van der Waals surface area contributed by atoms with Crippen LogP contribution < -0.4 is 5.56 Å². The van der Waals surface area contributed by atoms with Crippen LogP contribution in [0.15, 0.2) is 58.7 Å². The SMILES string of the molecule is CCn1c(SCc2nc3sc(C)c(-c4ccc(C)cc4)c3c(=O)[nH]2)nnc1-c1ccncc1. The molecule has 33 heavy (non-hydrogen) atoms. The van der Waals surface area contributed by atoms with Crippen molar-refractivity contribution in [1.29, 1.82) is 0 Å². The number of benzene rings is 1. The maximum absolute atomic E-state index is 13.1. The molecule has 1 aromatic carbocycles. The van der Waals surface area contributed by atoms with Gasteiger partial charge < -0.3 is 9.55 Å². The van der Waals surface area contributed by atoms with Gasteiger partial charge in [-0.05, 0) is 38.5 Å². The highest BCUT2D eigenvalue weighted by molar-refractivity contribution is 7.98. The van der Waals surface area contributed by atoms with E-state index in [2.05, 4.69) is 62.8 Å². The van der Waals surface area contributed by atoms with Gasteiger partial charge in [0, 0.05) is 34.9 Å². The van der Waals surface area contributed by atoms with Crippen molar-refractivity contribution < 1.29 is 0 Å². The zero-order valence-corrected chi connectivity index (χ0v) is 20.1. The van der Waals surface area contributed by atoms with Gasteiger partial charge in [0.15, 0.2) is 11.0 Å². The van der Waals surface area contributed by atoms with Gasteiger partial charge in [-0.2, -0.15) is 0 Å². The van der Waals surface area contributed by atoms with Crippen LogP contribution in [0.3, 0.4) is 0 Å². The van der Waals surface area contributed by atoms with Gasteiger partial charge in [0.2, 0.25) is 0 Å². The molecule has 5 aromatic rings. The molecule has 0 bridgehead atoms. The minimum absolute atomic E-state index is 0.107. The number of thiophene rings is 1. The van der Waals surface area contributed by atoms with Crippen LogP contribution in [0, 0.1) is 13.8 Å². The largest absolute Gasteiger partial charge is 0.309 e. The van der Waals surface area contributed by atoms with Gasteiger partial charge in [-0.15, -0.1) is 21.5 Å². The quantitative estimate of drug-likeness (QED) is 0.339. The molecule has 0 saturated carbocycles. The number of rotatable bonds is 6. The number of hydrogen-bond acceptors (Lipinski definition) is 7. The number of pyridine rings is 1. The normalized spacial score (nSPS) is 11.4. The van der Waals surface area contributed by atoms with Gasteiger partial charge in [-0.3, -0.25) is 9.78 Å². The summed E-state index contributed by atoms with van der Waals surface area (Å²) in [5, 5.41) is 10.2. The summed E-state index contributed by atoms with van der Waals surface area (Å²) in [5.74, 6) is 1.93. The lowest BCUT2D eigenvalue weighted by molar-refractivity contribution is 0.687. The van der Waals surface area contributed by atoms with E-state index >= 15 is 0 Å².